The van der Waals surface area contributed by atoms with Crippen LogP contribution in [-0.4, -0.2) is 34.0 Å². The number of anilines is 1. The van der Waals surface area contributed by atoms with Crippen molar-refractivity contribution in [3.63, 3.8) is 0 Å². The zero-order valence-electron chi connectivity index (χ0n) is 21.0. The van der Waals surface area contributed by atoms with Gasteiger partial charge in [-0.05, 0) is 66.1 Å². The number of fused-ring (bicyclic) bond motifs is 1. The highest BCUT2D eigenvalue weighted by Crippen LogP contribution is 2.41. The lowest BCUT2D eigenvalue weighted by Crippen LogP contribution is -2.22. The maximum Gasteiger partial charge on any atom is 0.307 e. The van der Waals surface area contributed by atoms with E-state index in [1.54, 1.807) is 18.1 Å². The van der Waals surface area contributed by atoms with Crippen LogP contribution in [0, 0.1) is 6.92 Å². The average Bonchev–Trinajstić information content (AvgIpc) is 3.33. The molecule has 2 heterocycles. The molecule has 0 atom stereocenters. The van der Waals surface area contributed by atoms with Crippen molar-refractivity contribution >= 4 is 50.7 Å². The average molecular weight is 542 g/mol. The Morgan fingerprint density at radius 2 is 1.66 bits per heavy atom. The van der Waals surface area contributed by atoms with Gasteiger partial charge in [0, 0.05) is 47.6 Å². The van der Waals surface area contributed by atoms with E-state index in [1.165, 1.54) is 18.3 Å². The van der Waals surface area contributed by atoms with E-state index in [2.05, 4.69) is 4.98 Å². The molecule has 1 N–H and O–H groups in total. The van der Waals surface area contributed by atoms with Gasteiger partial charge >= 0.3 is 5.97 Å². The second-order valence-corrected chi connectivity index (χ2v) is 10.5. The number of carbonyl (C=O) groups is 2. The molecule has 1 amide bonds. The highest BCUT2D eigenvalue weighted by atomic mass is 35.5. The van der Waals surface area contributed by atoms with Gasteiger partial charge in [-0.3, -0.25) is 14.6 Å². The molecular weight excluding hydrogens is 518 g/mol. The van der Waals surface area contributed by atoms with Crippen LogP contribution in [0.25, 0.3) is 43.2 Å². The molecule has 0 saturated carbocycles. The normalized spacial score (nSPS) is 11.1. The van der Waals surface area contributed by atoms with Crippen molar-refractivity contribution in [1.29, 1.82) is 0 Å². The highest BCUT2D eigenvalue weighted by molar-refractivity contribution is 7.22. The molecule has 3 aromatic carbocycles. The number of aromatic nitrogens is 2. The number of hydrogen-bond donors (Lipinski definition) is 1. The van der Waals surface area contributed by atoms with Crippen LogP contribution in [0.4, 0.5) is 5.69 Å². The third-order valence-corrected chi connectivity index (χ3v) is 7.89. The van der Waals surface area contributed by atoms with Crippen molar-refractivity contribution in [3.8, 4) is 33.0 Å². The van der Waals surface area contributed by atoms with Crippen molar-refractivity contribution in [2.45, 2.75) is 20.3 Å². The van der Waals surface area contributed by atoms with E-state index in [-0.39, 0.29) is 12.3 Å². The number of pyridine rings is 1. The van der Waals surface area contributed by atoms with E-state index in [4.69, 9.17) is 16.6 Å². The van der Waals surface area contributed by atoms with Crippen LogP contribution < -0.4 is 4.90 Å². The number of nitrogens with zero attached hydrogens (tertiary/aromatic N) is 3. The predicted molar refractivity (Wildman–Crippen MR) is 154 cm³/mol. The summed E-state index contributed by atoms with van der Waals surface area (Å²) < 4.78 is 0.930. The summed E-state index contributed by atoms with van der Waals surface area (Å²) in [6, 6.07) is 21.0. The Balaban J connectivity index is 1.60. The maximum atomic E-state index is 11.7. The number of carboxylic acid groups (broad SMARTS) is 1. The van der Waals surface area contributed by atoms with Crippen molar-refractivity contribution < 1.29 is 14.7 Å². The van der Waals surface area contributed by atoms with Crippen LogP contribution >= 0.6 is 22.9 Å². The number of benzene rings is 3. The number of thiazole rings is 1. The first-order valence-corrected chi connectivity index (χ1v) is 13.1. The largest absolute Gasteiger partial charge is 0.481 e. The lowest BCUT2D eigenvalue weighted by Gasteiger charge is -2.15. The van der Waals surface area contributed by atoms with Gasteiger partial charge in [0.25, 0.3) is 0 Å². The highest BCUT2D eigenvalue weighted by Gasteiger charge is 2.20. The second-order valence-electron chi connectivity index (χ2n) is 9.05. The standard InChI is InChI=1S/C30H24ClN3O3S/c1-17-14-26-29(28(24(17)16-27(36)37)20-4-8-22(31)9-5-20)38-30(33-26)21-12-13-32-25(15-21)19-6-10-23(11-7-19)34(3)18(2)35/h4-15H,16H2,1-3H3,(H,36,37). The molecule has 0 aliphatic carbocycles. The Bertz CT molecular complexity index is 1680. The minimum Gasteiger partial charge on any atom is -0.481 e. The summed E-state index contributed by atoms with van der Waals surface area (Å²) in [4.78, 5) is 34.5. The molecule has 8 heteroatoms. The monoisotopic (exact) mass is 541 g/mol. The molecule has 0 unspecified atom stereocenters. The van der Waals surface area contributed by atoms with Crippen LogP contribution in [0.2, 0.25) is 5.02 Å². The van der Waals surface area contributed by atoms with E-state index in [1.807, 2.05) is 73.7 Å². The Kier molecular flexibility index (Phi) is 6.97. The Hall–Kier alpha value is -4.07. The van der Waals surface area contributed by atoms with Crippen LogP contribution in [-0.2, 0) is 16.0 Å². The first-order valence-electron chi connectivity index (χ1n) is 11.9. The van der Waals surface area contributed by atoms with Crippen molar-refractivity contribution in [2.24, 2.45) is 0 Å². The first-order chi connectivity index (χ1) is 18.2. The number of rotatable bonds is 6. The molecule has 5 rings (SSSR count). The molecule has 5 aromatic rings. The van der Waals surface area contributed by atoms with Gasteiger partial charge in [0.1, 0.15) is 5.01 Å². The van der Waals surface area contributed by atoms with Crippen LogP contribution in [0.3, 0.4) is 0 Å². The van der Waals surface area contributed by atoms with E-state index in [0.29, 0.717) is 5.02 Å². The summed E-state index contributed by atoms with van der Waals surface area (Å²) in [5.74, 6) is -0.917. The smallest absolute Gasteiger partial charge is 0.307 e. The number of amides is 1. The molecule has 190 valence electrons. The van der Waals surface area contributed by atoms with E-state index >= 15 is 0 Å². The molecule has 0 aliphatic heterocycles. The predicted octanol–water partition coefficient (Wildman–Crippen LogP) is 7.26. The fourth-order valence-corrected chi connectivity index (χ4v) is 5.68. The van der Waals surface area contributed by atoms with Crippen LogP contribution in [0.15, 0.2) is 72.9 Å². The summed E-state index contributed by atoms with van der Waals surface area (Å²) in [5.41, 5.74) is 7.70. The first kappa shape index (κ1) is 25.6. The van der Waals surface area contributed by atoms with Gasteiger partial charge in [-0.2, -0.15) is 0 Å². The van der Waals surface area contributed by atoms with Crippen LogP contribution in [0.5, 0.6) is 0 Å². The number of hydrogen-bond acceptors (Lipinski definition) is 5. The Morgan fingerprint density at radius 3 is 2.32 bits per heavy atom. The number of aliphatic carboxylic acids is 1. The number of halogens is 1. The molecule has 0 aliphatic rings. The van der Waals surface area contributed by atoms with Crippen molar-refractivity contribution in [3.05, 3.63) is 89.1 Å². The molecular formula is C30H24ClN3O3S. The fraction of sp³-hybridized carbons (Fsp3) is 0.133. The summed E-state index contributed by atoms with van der Waals surface area (Å²) >= 11 is 7.66. The Morgan fingerprint density at radius 1 is 0.974 bits per heavy atom. The Labute approximate surface area is 229 Å². The van der Waals surface area contributed by atoms with Gasteiger partial charge in [0.05, 0.1) is 22.3 Å². The van der Waals surface area contributed by atoms with Gasteiger partial charge in [0.2, 0.25) is 5.91 Å². The molecule has 38 heavy (non-hydrogen) atoms. The summed E-state index contributed by atoms with van der Waals surface area (Å²) in [6.07, 6.45) is 1.68. The van der Waals surface area contributed by atoms with Gasteiger partial charge in [-0.15, -0.1) is 11.3 Å². The molecule has 0 fully saturated rings. The third kappa shape index (κ3) is 5.03. The topological polar surface area (TPSA) is 83.4 Å². The lowest BCUT2D eigenvalue weighted by molar-refractivity contribution is -0.136. The third-order valence-electron chi connectivity index (χ3n) is 6.50. The fourth-order valence-electron chi connectivity index (χ4n) is 4.42. The molecule has 0 saturated heterocycles. The molecule has 0 spiro atoms. The van der Waals surface area contributed by atoms with E-state index in [9.17, 15) is 14.7 Å². The van der Waals surface area contributed by atoms with Gasteiger partial charge in [-0.25, -0.2) is 4.98 Å². The molecule has 0 radical (unpaired) electrons. The SMILES string of the molecule is CC(=O)N(C)c1ccc(-c2cc(-c3nc4cc(C)c(CC(=O)O)c(-c5ccc(Cl)cc5)c4s3)ccn2)cc1. The van der Waals surface area contributed by atoms with Gasteiger partial charge in [0.15, 0.2) is 0 Å². The molecule has 6 nitrogen and oxygen atoms in total. The van der Waals surface area contributed by atoms with Crippen LogP contribution in [0.1, 0.15) is 18.1 Å². The minimum atomic E-state index is -0.883. The zero-order valence-corrected chi connectivity index (χ0v) is 22.6. The number of aryl methyl sites for hydroxylation is 1. The van der Waals surface area contributed by atoms with Gasteiger partial charge < -0.3 is 10.0 Å². The second kappa shape index (κ2) is 10.4. The maximum absolute atomic E-state index is 11.7. The summed E-state index contributed by atoms with van der Waals surface area (Å²) in [6.45, 7) is 3.45. The summed E-state index contributed by atoms with van der Waals surface area (Å²) in [5, 5.41) is 11.1. The minimum absolute atomic E-state index is 0.0339. The molecule has 0 bridgehead atoms. The van der Waals surface area contributed by atoms with Crippen molar-refractivity contribution in [2.75, 3.05) is 11.9 Å². The number of carboxylic acids is 1. The van der Waals surface area contributed by atoms with E-state index < -0.39 is 5.97 Å². The lowest BCUT2D eigenvalue weighted by atomic mass is 9.93. The molecule has 2 aromatic heterocycles. The van der Waals surface area contributed by atoms with E-state index in [0.717, 1.165) is 60.0 Å². The van der Waals surface area contributed by atoms with Crippen molar-refractivity contribution in [1.82, 2.24) is 9.97 Å². The summed E-state index contributed by atoms with van der Waals surface area (Å²) in [7, 11) is 1.74. The quantitative estimate of drug-likeness (QED) is 0.244. The van der Waals surface area contributed by atoms with Gasteiger partial charge in [-0.1, -0.05) is 35.9 Å². The zero-order chi connectivity index (χ0) is 27.0. The number of carbonyl (C=O) groups excluding carboxylic acids is 1.